The van der Waals surface area contributed by atoms with Gasteiger partial charge >= 0.3 is 0 Å². The van der Waals surface area contributed by atoms with Crippen LogP contribution in [-0.2, 0) is 16.0 Å². The van der Waals surface area contributed by atoms with Gasteiger partial charge in [0.25, 0.3) is 0 Å². The van der Waals surface area contributed by atoms with Crippen molar-refractivity contribution in [2.75, 3.05) is 32.7 Å². The molecule has 5 heteroatoms. The average molecular weight is 400 g/mol. The van der Waals surface area contributed by atoms with E-state index in [2.05, 4.69) is 29.3 Å². The summed E-state index contributed by atoms with van der Waals surface area (Å²) in [4.78, 5) is 29.5. The molecule has 0 aromatic heterocycles. The molecule has 1 aromatic carbocycles. The predicted molar refractivity (Wildman–Crippen MR) is 117 cm³/mol. The molecule has 1 aromatic rings. The van der Waals surface area contributed by atoms with Crippen LogP contribution in [0.2, 0.25) is 0 Å². The van der Waals surface area contributed by atoms with Crippen LogP contribution in [0.1, 0.15) is 57.4 Å². The van der Waals surface area contributed by atoms with Crippen molar-refractivity contribution in [3.05, 3.63) is 35.9 Å². The first kappa shape index (κ1) is 21.8. The quantitative estimate of drug-likeness (QED) is 0.730. The second-order valence-corrected chi connectivity index (χ2v) is 8.58. The number of unbranched alkanes of at least 4 members (excludes halogenated alkanes) is 1. The molecular formula is C24H37N3O2. The van der Waals surface area contributed by atoms with Gasteiger partial charge in [-0.05, 0) is 50.6 Å². The Kier molecular flexibility index (Phi) is 8.53. The number of rotatable bonds is 8. The van der Waals surface area contributed by atoms with Crippen molar-refractivity contribution >= 4 is 11.8 Å². The Hall–Kier alpha value is -1.88. The SMILES string of the molecule is CCCCC(=O)N1CCC(N2CCC[C@@H](C(=O)NCCc3ccccc3)C2)CC1. The second-order valence-electron chi connectivity index (χ2n) is 8.58. The molecule has 0 aliphatic carbocycles. The van der Waals surface area contributed by atoms with Crippen LogP contribution in [0, 0.1) is 5.92 Å². The summed E-state index contributed by atoms with van der Waals surface area (Å²) in [5.41, 5.74) is 1.26. The number of nitrogens with zero attached hydrogens (tertiary/aromatic N) is 2. The van der Waals surface area contributed by atoms with E-state index in [0.29, 0.717) is 24.9 Å². The van der Waals surface area contributed by atoms with E-state index >= 15 is 0 Å². The van der Waals surface area contributed by atoms with Gasteiger partial charge in [-0.15, -0.1) is 0 Å². The lowest BCUT2D eigenvalue weighted by Crippen LogP contribution is -2.51. The van der Waals surface area contributed by atoms with Crippen LogP contribution in [0.3, 0.4) is 0 Å². The summed E-state index contributed by atoms with van der Waals surface area (Å²) in [6, 6.07) is 10.8. The Morgan fingerprint density at radius 3 is 2.55 bits per heavy atom. The molecule has 5 nitrogen and oxygen atoms in total. The lowest BCUT2D eigenvalue weighted by molar-refractivity contribution is -0.133. The molecular weight excluding hydrogens is 362 g/mol. The Bertz CT molecular complexity index is 641. The fourth-order valence-corrected chi connectivity index (χ4v) is 4.64. The first-order valence-electron chi connectivity index (χ1n) is 11.5. The van der Waals surface area contributed by atoms with Crippen molar-refractivity contribution in [2.24, 2.45) is 5.92 Å². The standard InChI is InChI=1S/C24H37N3O2/c1-2-3-11-23(28)26-17-13-22(14-18-26)27-16-7-10-21(19-27)24(29)25-15-12-20-8-5-4-6-9-20/h4-6,8-9,21-22H,2-3,7,10-19H2,1H3,(H,25,29)/t21-/m1/s1. The Morgan fingerprint density at radius 1 is 1.07 bits per heavy atom. The zero-order chi connectivity index (χ0) is 20.5. The molecule has 2 aliphatic heterocycles. The van der Waals surface area contributed by atoms with E-state index in [9.17, 15) is 9.59 Å². The van der Waals surface area contributed by atoms with Gasteiger partial charge in [0.05, 0.1) is 5.92 Å². The van der Waals surface area contributed by atoms with Gasteiger partial charge in [0, 0.05) is 38.6 Å². The highest BCUT2D eigenvalue weighted by molar-refractivity contribution is 5.79. The highest BCUT2D eigenvalue weighted by atomic mass is 16.2. The van der Waals surface area contributed by atoms with Gasteiger partial charge in [0.1, 0.15) is 0 Å². The number of benzene rings is 1. The number of hydrogen-bond donors (Lipinski definition) is 1. The number of amides is 2. The minimum absolute atomic E-state index is 0.101. The molecule has 2 heterocycles. The summed E-state index contributed by atoms with van der Waals surface area (Å²) < 4.78 is 0. The molecule has 0 saturated carbocycles. The third-order valence-corrected chi connectivity index (χ3v) is 6.46. The van der Waals surface area contributed by atoms with Gasteiger partial charge < -0.3 is 10.2 Å². The fraction of sp³-hybridized carbons (Fsp3) is 0.667. The van der Waals surface area contributed by atoms with Gasteiger partial charge in [-0.2, -0.15) is 0 Å². The van der Waals surface area contributed by atoms with Crippen LogP contribution in [0.5, 0.6) is 0 Å². The minimum Gasteiger partial charge on any atom is -0.355 e. The number of hydrogen-bond acceptors (Lipinski definition) is 3. The van der Waals surface area contributed by atoms with Gasteiger partial charge in [-0.3, -0.25) is 14.5 Å². The normalized spacial score (nSPS) is 21.1. The van der Waals surface area contributed by atoms with Gasteiger partial charge in [0.15, 0.2) is 0 Å². The zero-order valence-corrected chi connectivity index (χ0v) is 17.9. The summed E-state index contributed by atoms with van der Waals surface area (Å²) in [7, 11) is 0. The molecule has 2 aliphatic rings. The number of likely N-dealkylation sites (tertiary alicyclic amines) is 2. The van der Waals surface area contributed by atoms with Crippen molar-refractivity contribution < 1.29 is 9.59 Å². The topological polar surface area (TPSA) is 52.7 Å². The predicted octanol–water partition coefficient (Wildman–Crippen LogP) is 3.24. The lowest BCUT2D eigenvalue weighted by Gasteiger charge is -2.42. The van der Waals surface area contributed by atoms with Crippen molar-refractivity contribution in [1.82, 2.24) is 15.1 Å². The maximum Gasteiger partial charge on any atom is 0.224 e. The molecule has 0 unspecified atom stereocenters. The molecule has 1 N–H and O–H groups in total. The third kappa shape index (κ3) is 6.56. The van der Waals surface area contributed by atoms with Gasteiger partial charge in [-0.25, -0.2) is 0 Å². The van der Waals surface area contributed by atoms with Gasteiger partial charge in [0.2, 0.25) is 11.8 Å². The molecule has 0 radical (unpaired) electrons. The summed E-state index contributed by atoms with van der Waals surface area (Å²) in [6.07, 6.45) is 7.80. The minimum atomic E-state index is 0.101. The van der Waals surface area contributed by atoms with Crippen molar-refractivity contribution in [2.45, 2.75) is 64.3 Å². The molecule has 29 heavy (non-hydrogen) atoms. The van der Waals surface area contributed by atoms with E-state index in [1.54, 1.807) is 0 Å². The Balaban J connectivity index is 1.40. The fourth-order valence-electron chi connectivity index (χ4n) is 4.64. The third-order valence-electron chi connectivity index (χ3n) is 6.46. The van der Waals surface area contributed by atoms with Crippen molar-refractivity contribution in [1.29, 1.82) is 0 Å². The molecule has 160 valence electrons. The highest BCUT2D eigenvalue weighted by Gasteiger charge is 2.32. The Morgan fingerprint density at radius 2 is 1.83 bits per heavy atom. The molecule has 2 amide bonds. The average Bonchev–Trinajstić information content (AvgIpc) is 2.78. The molecule has 3 rings (SSSR count). The van der Waals surface area contributed by atoms with E-state index in [1.165, 1.54) is 5.56 Å². The van der Waals surface area contributed by atoms with Crippen molar-refractivity contribution in [3.8, 4) is 0 Å². The van der Waals surface area contributed by atoms with E-state index in [0.717, 1.165) is 71.1 Å². The van der Waals surface area contributed by atoms with Crippen molar-refractivity contribution in [3.63, 3.8) is 0 Å². The van der Waals surface area contributed by atoms with E-state index < -0.39 is 0 Å². The second kappa shape index (κ2) is 11.3. The van der Waals surface area contributed by atoms with Crippen LogP contribution < -0.4 is 5.32 Å². The lowest BCUT2D eigenvalue weighted by atomic mass is 9.93. The van der Waals surface area contributed by atoms with Crippen LogP contribution in [0.25, 0.3) is 0 Å². The molecule has 2 fully saturated rings. The van der Waals surface area contributed by atoms with Crippen LogP contribution in [0.4, 0.5) is 0 Å². The maximum atomic E-state index is 12.7. The highest BCUT2D eigenvalue weighted by Crippen LogP contribution is 2.24. The molecule has 0 spiro atoms. The van der Waals surface area contributed by atoms with Crippen LogP contribution in [0.15, 0.2) is 30.3 Å². The summed E-state index contributed by atoms with van der Waals surface area (Å²) >= 11 is 0. The maximum absolute atomic E-state index is 12.7. The number of carbonyl (C=O) groups is 2. The molecule has 0 bridgehead atoms. The number of piperidine rings is 2. The number of carbonyl (C=O) groups excluding carboxylic acids is 2. The summed E-state index contributed by atoms with van der Waals surface area (Å²) in [5.74, 6) is 0.626. The first-order valence-corrected chi connectivity index (χ1v) is 11.5. The largest absolute Gasteiger partial charge is 0.355 e. The van der Waals surface area contributed by atoms with E-state index in [1.807, 2.05) is 23.1 Å². The zero-order valence-electron chi connectivity index (χ0n) is 17.9. The smallest absolute Gasteiger partial charge is 0.224 e. The van der Waals surface area contributed by atoms with Gasteiger partial charge in [-0.1, -0.05) is 43.7 Å². The van der Waals surface area contributed by atoms with Crippen LogP contribution >= 0.6 is 0 Å². The number of nitrogens with one attached hydrogen (secondary N) is 1. The summed E-state index contributed by atoms with van der Waals surface area (Å²) in [6.45, 7) is 6.53. The molecule has 2 saturated heterocycles. The monoisotopic (exact) mass is 399 g/mol. The van der Waals surface area contributed by atoms with E-state index in [4.69, 9.17) is 0 Å². The Labute approximate surface area is 175 Å². The summed E-state index contributed by atoms with van der Waals surface area (Å²) in [5, 5.41) is 3.15. The first-order chi connectivity index (χ1) is 14.2. The van der Waals surface area contributed by atoms with Crippen LogP contribution in [-0.4, -0.2) is 60.4 Å². The molecule has 1 atom stereocenters. The van der Waals surface area contributed by atoms with E-state index in [-0.39, 0.29) is 11.8 Å².